The van der Waals surface area contributed by atoms with Crippen LogP contribution in [0.3, 0.4) is 0 Å². The Morgan fingerprint density at radius 1 is 1.19 bits per heavy atom. The first-order valence-corrected chi connectivity index (χ1v) is 10.00. The number of aromatic nitrogens is 2. The lowest BCUT2D eigenvalue weighted by Gasteiger charge is -2.20. The Morgan fingerprint density at radius 2 is 1.90 bits per heavy atom. The Bertz CT molecular complexity index is 1170. The van der Waals surface area contributed by atoms with Crippen LogP contribution in [0.1, 0.15) is 19.2 Å². The van der Waals surface area contributed by atoms with E-state index in [-0.39, 0.29) is 24.6 Å². The maximum absolute atomic E-state index is 13.3. The Morgan fingerprint density at radius 3 is 2.58 bits per heavy atom. The van der Waals surface area contributed by atoms with E-state index in [1.165, 1.54) is 34.2 Å². The van der Waals surface area contributed by atoms with Crippen LogP contribution in [0.2, 0.25) is 0 Å². The molecule has 1 unspecified atom stereocenters. The van der Waals surface area contributed by atoms with Gasteiger partial charge in [-0.25, -0.2) is 9.37 Å². The molecule has 1 aliphatic rings. The van der Waals surface area contributed by atoms with Gasteiger partial charge in [-0.15, -0.1) is 0 Å². The number of nitrogens with zero attached hydrogens (tertiary/aromatic N) is 5. The fraction of sp³-hybridized carbons (Fsp3) is 0.273. The van der Waals surface area contributed by atoms with E-state index in [4.69, 9.17) is 5.73 Å². The lowest BCUT2D eigenvalue weighted by Crippen LogP contribution is -2.40. The number of rotatable bonds is 6. The van der Waals surface area contributed by atoms with Crippen molar-refractivity contribution in [2.45, 2.75) is 32.5 Å². The van der Waals surface area contributed by atoms with Gasteiger partial charge in [-0.2, -0.15) is 5.10 Å². The SMILES string of the molecule is CCn1c(CN(C)C(=O)C2=NN(c3ccc(F)cc3)C(C(N)=O)C2)nc2ccccc21. The number of hydrazone groups is 1. The lowest BCUT2D eigenvalue weighted by molar-refractivity contribution is -0.123. The zero-order chi connectivity index (χ0) is 22.1. The molecule has 4 rings (SSSR count). The predicted octanol–water partition coefficient (Wildman–Crippen LogP) is 2.27. The predicted molar refractivity (Wildman–Crippen MR) is 116 cm³/mol. The van der Waals surface area contributed by atoms with Crippen molar-refractivity contribution in [1.82, 2.24) is 14.5 Å². The molecule has 2 amide bonds. The summed E-state index contributed by atoms with van der Waals surface area (Å²) in [5.41, 5.74) is 8.12. The zero-order valence-electron chi connectivity index (χ0n) is 17.3. The average Bonchev–Trinajstić information content (AvgIpc) is 3.35. The zero-order valence-corrected chi connectivity index (χ0v) is 17.3. The molecule has 8 nitrogen and oxygen atoms in total. The van der Waals surface area contributed by atoms with Crippen LogP contribution in [-0.4, -0.2) is 45.1 Å². The molecule has 0 saturated carbocycles. The number of hydrogen-bond acceptors (Lipinski definition) is 5. The third-order valence-corrected chi connectivity index (χ3v) is 5.35. The Labute approximate surface area is 178 Å². The molecule has 0 spiro atoms. The van der Waals surface area contributed by atoms with Crippen molar-refractivity contribution in [2.75, 3.05) is 12.1 Å². The van der Waals surface area contributed by atoms with Gasteiger partial charge in [-0.3, -0.25) is 14.6 Å². The van der Waals surface area contributed by atoms with E-state index in [1.807, 2.05) is 31.2 Å². The van der Waals surface area contributed by atoms with Gasteiger partial charge in [0, 0.05) is 20.0 Å². The summed E-state index contributed by atoms with van der Waals surface area (Å²) in [5.74, 6) is -0.561. The first-order chi connectivity index (χ1) is 14.9. The number of primary amides is 1. The quantitative estimate of drug-likeness (QED) is 0.659. The molecule has 0 bridgehead atoms. The normalized spacial score (nSPS) is 15.9. The fourth-order valence-electron chi connectivity index (χ4n) is 3.80. The Hall–Kier alpha value is -3.75. The highest BCUT2D eigenvalue weighted by Gasteiger charge is 2.36. The van der Waals surface area contributed by atoms with Crippen LogP contribution < -0.4 is 10.7 Å². The highest BCUT2D eigenvalue weighted by Crippen LogP contribution is 2.26. The molecule has 0 radical (unpaired) electrons. The number of para-hydroxylation sites is 2. The number of fused-ring (bicyclic) bond motifs is 1. The third kappa shape index (κ3) is 3.86. The fourth-order valence-corrected chi connectivity index (χ4v) is 3.80. The molecule has 0 fully saturated rings. The minimum Gasteiger partial charge on any atom is -0.368 e. The summed E-state index contributed by atoms with van der Waals surface area (Å²) >= 11 is 0. The molecule has 3 aromatic rings. The third-order valence-electron chi connectivity index (χ3n) is 5.35. The average molecular weight is 422 g/mol. The number of imidazole rings is 1. The molecule has 31 heavy (non-hydrogen) atoms. The number of carbonyl (C=O) groups excluding carboxylic acids is 2. The number of amides is 2. The van der Waals surface area contributed by atoms with Crippen molar-refractivity contribution in [1.29, 1.82) is 0 Å². The minimum atomic E-state index is -0.807. The van der Waals surface area contributed by atoms with Crippen LogP contribution in [0.15, 0.2) is 53.6 Å². The number of hydrogen-bond donors (Lipinski definition) is 1. The van der Waals surface area contributed by atoms with E-state index < -0.39 is 17.8 Å². The summed E-state index contributed by atoms with van der Waals surface area (Å²) in [4.78, 5) is 31.2. The van der Waals surface area contributed by atoms with Crippen molar-refractivity contribution < 1.29 is 14.0 Å². The van der Waals surface area contributed by atoms with E-state index in [0.717, 1.165) is 23.4 Å². The van der Waals surface area contributed by atoms with E-state index in [1.54, 1.807) is 7.05 Å². The summed E-state index contributed by atoms with van der Waals surface area (Å²) in [7, 11) is 1.67. The number of aryl methyl sites for hydroxylation is 1. The number of anilines is 1. The summed E-state index contributed by atoms with van der Waals surface area (Å²) in [6.45, 7) is 3.04. The number of benzene rings is 2. The summed E-state index contributed by atoms with van der Waals surface area (Å²) in [6.07, 6.45) is 0.0834. The molecule has 1 atom stereocenters. The van der Waals surface area contributed by atoms with Crippen LogP contribution in [0.4, 0.5) is 10.1 Å². The van der Waals surface area contributed by atoms with Crippen LogP contribution in [0, 0.1) is 5.82 Å². The second kappa shape index (κ2) is 8.17. The van der Waals surface area contributed by atoms with Crippen molar-refractivity contribution >= 4 is 34.2 Å². The smallest absolute Gasteiger partial charge is 0.270 e. The van der Waals surface area contributed by atoms with Crippen molar-refractivity contribution in [3.05, 3.63) is 60.2 Å². The molecule has 0 aliphatic carbocycles. The largest absolute Gasteiger partial charge is 0.368 e. The van der Waals surface area contributed by atoms with Crippen LogP contribution in [0.25, 0.3) is 11.0 Å². The van der Waals surface area contributed by atoms with E-state index in [2.05, 4.69) is 14.7 Å². The highest BCUT2D eigenvalue weighted by molar-refractivity contribution is 6.40. The highest BCUT2D eigenvalue weighted by atomic mass is 19.1. The maximum Gasteiger partial charge on any atom is 0.270 e. The van der Waals surface area contributed by atoms with Gasteiger partial charge in [0.1, 0.15) is 23.4 Å². The summed E-state index contributed by atoms with van der Waals surface area (Å²) < 4.78 is 15.3. The molecule has 9 heteroatoms. The molecule has 2 aromatic carbocycles. The van der Waals surface area contributed by atoms with E-state index in [0.29, 0.717) is 5.69 Å². The van der Waals surface area contributed by atoms with Gasteiger partial charge in [0.2, 0.25) is 5.91 Å². The van der Waals surface area contributed by atoms with E-state index >= 15 is 0 Å². The molecular formula is C22H23FN6O2. The Kier molecular flexibility index (Phi) is 5.41. The minimum absolute atomic E-state index is 0.0834. The second-order valence-corrected chi connectivity index (χ2v) is 7.41. The summed E-state index contributed by atoms with van der Waals surface area (Å²) in [5, 5.41) is 5.73. The molecule has 2 N–H and O–H groups in total. The standard InChI is InChI=1S/C22H23FN6O2/c1-3-28-18-7-5-4-6-16(18)25-20(28)13-27(2)22(31)17-12-19(21(24)30)29(26-17)15-10-8-14(23)9-11-15/h4-11,19H,3,12-13H2,1-2H3,(H2,24,30). The number of carbonyl (C=O) groups is 2. The van der Waals surface area contributed by atoms with E-state index in [9.17, 15) is 14.0 Å². The molecule has 1 aromatic heterocycles. The van der Waals surface area contributed by atoms with Crippen molar-refractivity contribution in [2.24, 2.45) is 10.8 Å². The monoisotopic (exact) mass is 422 g/mol. The van der Waals surface area contributed by atoms with Gasteiger partial charge >= 0.3 is 0 Å². The maximum atomic E-state index is 13.3. The molecule has 160 valence electrons. The second-order valence-electron chi connectivity index (χ2n) is 7.41. The van der Waals surface area contributed by atoms with Crippen molar-refractivity contribution in [3.63, 3.8) is 0 Å². The Balaban J connectivity index is 1.58. The van der Waals surface area contributed by atoms with Gasteiger partial charge in [0.15, 0.2) is 0 Å². The van der Waals surface area contributed by atoms with Gasteiger partial charge < -0.3 is 15.2 Å². The van der Waals surface area contributed by atoms with Gasteiger partial charge in [-0.1, -0.05) is 12.1 Å². The van der Waals surface area contributed by atoms with Crippen molar-refractivity contribution in [3.8, 4) is 0 Å². The van der Waals surface area contributed by atoms with Gasteiger partial charge in [0.05, 0.1) is 23.3 Å². The van der Waals surface area contributed by atoms with Gasteiger partial charge in [0.25, 0.3) is 5.91 Å². The number of halogens is 1. The van der Waals surface area contributed by atoms with Crippen LogP contribution in [0.5, 0.6) is 0 Å². The first-order valence-electron chi connectivity index (χ1n) is 10.00. The molecular weight excluding hydrogens is 399 g/mol. The van der Waals surface area contributed by atoms with Crippen LogP contribution in [-0.2, 0) is 22.7 Å². The van der Waals surface area contributed by atoms with Crippen LogP contribution >= 0.6 is 0 Å². The summed E-state index contributed by atoms with van der Waals surface area (Å²) in [6, 6.07) is 12.5. The molecule has 1 aliphatic heterocycles. The topological polar surface area (TPSA) is 96.8 Å². The van der Waals surface area contributed by atoms with Gasteiger partial charge in [-0.05, 0) is 43.3 Å². The first kappa shape index (κ1) is 20.5. The molecule has 2 heterocycles. The lowest BCUT2D eigenvalue weighted by atomic mass is 10.1. The molecule has 0 saturated heterocycles. The number of nitrogens with two attached hydrogens (primary N) is 1.